The van der Waals surface area contributed by atoms with Gasteiger partial charge in [-0.2, -0.15) is 0 Å². The second-order valence-corrected chi connectivity index (χ2v) is 9.02. The maximum Gasteiger partial charge on any atom is 0.341 e. The lowest BCUT2D eigenvalue weighted by atomic mass is 10.0. The van der Waals surface area contributed by atoms with E-state index >= 15 is 0 Å². The average Bonchev–Trinajstić information content (AvgIpc) is 3.37. The van der Waals surface area contributed by atoms with Gasteiger partial charge in [0.15, 0.2) is 11.5 Å². The number of hydrogen-bond acceptors (Lipinski definition) is 7. The van der Waals surface area contributed by atoms with E-state index in [9.17, 15) is 4.79 Å². The SMILES string of the molecule is CCOC(=O)c1c(N=Cc2ccc(SC)cc2)sc(C)c1Cc1ccc2c(c1)OCO2. The molecule has 2 aromatic carbocycles. The van der Waals surface area contributed by atoms with Crippen molar-refractivity contribution in [2.24, 2.45) is 4.99 Å². The van der Waals surface area contributed by atoms with Crippen molar-refractivity contribution in [3.8, 4) is 11.5 Å². The number of thiophene rings is 1. The number of nitrogens with zero attached hydrogens (tertiary/aromatic N) is 1. The maximum atomic E-state index is 12.8. The lowest BCUT2D eigenvalue weighted by Crippen LogP contribution is -2.07. The highest BCUT2D eigenvalue weighted by Gasteiger charge is 2.24. The molecule has 0 atom stereocenters. The van der Waals surface area contributed by atoms with Gasteiger partial charge in [-0.15, -0.1) is 23.1 Å². The molecule has 1 aromatic heterocycles. The van der Waals surface area contributed by atoms with Crippen LogP contribution in [-0.4, -0.2) is 31.8 Å². The van der Waals surface area contributed by atoms with Crippen LogP contribution in [0.3, 0.4) is 0 Å². The summed E-state index contributed by atoms with van der Waals surface area (Å²) >= 11 is 3.20. The van der Waals surface area contributed by atoms with E-state index in [1.165, 1.54) is 16.2 Å². The Bertz CT molecular complexity index is 1120. The summed E-state index contributed by atoms with van der Waals surface area (Å²) in [7, 11) is 0. The van der Waals surface area contributed by atoms with E-state index in [4.69, 9.17) is 14.2 Å². The highest BCUT2D eigenvalue weighted by molar-refractivity contribution is 7.98. The van der Waals surface area contributed by atoms with Crippen molar-refractivity contribution in [3.05, 3.63) is 69.6 Å². The summed E-state index contributed by atoms with van der Waals surface area (Å²) in [6.07, 6.45) is 4.43. The first kappa shape index (κ1) is 21.5. The summed E-state index contributed by atoms with van der Waals surface area (Å²) in [4.78, 5) is 19.7. The second-order valence-electron chi connectivity index (χ2n) is 6.93. The number of aliphatic imine (C=N–C) groups is 1. The van der Waals surface area contributed by atoms with Gasteiger partial charge in [0.25, 0.3) is 0 Å². The molecule has 1 aliphatic rings. The zero-order valence-electron chi connectivity index (χ0n) is 17.6. The maximum absolute atomic E-state index is 12.8. The third-order valence-corrected chi connectivity index (χ3v) is 6.73. The number of esters is 1. The van der Waals surface area contributed by atoms with Crippen molar-refractivity contribution in [2.45, 2.75) is 25.2 Å². The van der Waals surface area contributed by atoms with E-state index in [1.54, 1.807) is 18.0 Å². The molecule has 2 heterocycles. The third kappa shape index (κ3) is 4.78. The fourth-order valence-corrected chi connectivity index (χ4v) is 4.77. The first-order valence-corrected chi connectivity index (χ1v) is 12.0. The lowest BCUT2D eigenvalue weighted by molar-refractivity contribution is 0.0527. The van der Waals surface area contributed by atoms with Gasteiger partial charge in [0, 0.05) is 16.0 Å². The molecule has 160 valence electrons. The van der Waals surface area contributed by atoms with Crippen molar-refractivity contribution in [2.75, 3.05) is 19.7 Å². The molecule has 0 spiro atoms. The lowest BCUT2D eigenvalue weighted by Gasteiger charge is -2.07. The standard InChI is InChI=1S/C24H23NO4S2/c1-4-27-24(26)22-19(11-17-7-10-20-21(12-17)29-14-28-20)15(2)31-23(22)25-13-16-5-8-18(30-3)9-6-16/h5-10,12-13H,4,11,14H2,1-3H3. The molecule has 7 heteroatoms. The van der Waals surface area contributed by atoms with Gasteiger partial charge in [-0.1, -0.05) is 18.2 Å². The zero-order valence-corrected chi connectivity index (χ0v) is 19.3. The number of carbonyl (C=O) groups excluding carboxylic acids is 1. The summed E-state index contributed by atoms with van der Waals surface area (Å²) in [5.74, 6) is 1.14. The molecule has 4 rings (SSSR count). The van der Waals surface area contributed by atoms with Crippen molar-refractivity contribution < 1.29 is 19.0 Å². The Kier molecular flexibility index (Phi) is 6.63. The molecular formula is C24H23NO4S2. The van der Waals surface area contributed by atoms with Crippen molar-refractivity contribution in [1.29, 1.82) is 0 Å². The summed E-state index contributed by atoms with van der Waals surface area (Å²) in [5.41, 5.74) is 3.50. The van der Waals surface area contributed by atoms with Crippen LogP contribution in [0.2, 0.25) is 0 Å². The van der Waals surface area contributed by atoms with Crippen LogP contribution in [0.4, 0.5) is 5.00 Å². The zero-order chi connectivity index (χ0) is 21.8. The normalized spacial score (nSPS) is 12.5. The fourth-order valence-electron chi connectivity index (χ4n) is 3.36. The molecule has 31 heavy (non-hydrogen) atoms. The molecule has 0 aliphatic carbocycles. The van der Waals surface area contributed by atoms with Crippen LogP contribution in [0.5, 0.6) is 11.5 Å². The van der Waals surface area contributed by atoms with Crippen molar-refractivity contribution in [1.82, 2.24) is 0 Å². The topological polar surface area (TPSA) is 57.1 Å². The van der Waals surface area contributed by atoms with Crippen LogP contribution in [0.15, 0.2) is 52.4 Å². The molecule has 0 radical (unpaired) electrons. The van der Waals surface area contributed by atoms with E-state index in [1.807, 2.05) is 50.4 Å². The molecule has 1 aliphatic heterocycles. The Labute approximate surface area is 190 Å². The van der Waals surface area contributed by atoms with E-state index < -0.39 is 0 Å². The molecule has 3 aromatic rings. The summed E-state index contributed by atoms with van der Waals surface area (Å²) in [5, 5.41) is 0.667. The van der Waals surface area contributed by atoms with Crippen LogP contribution in [0, 0.1) is 6.92 Å². The van der Waals surface area contributed by atoms with Gasteiger partial charge in [0.2, 0.25) is 6.79 Å². The average molecular weight is 454 g/mol. The molecule has 0 amide bonds. The molecule has 0 bridgehead atoms. The highest BCUT2D eigenvalue weighted by atomic mass is 32.2. The number of carbonyl (C=O) groups is 1. The van der Waals surface area contributed by atoms with Crippen LogP contribution < -0.4 is 9.47 Å². The Balaban J connectivity index is 1.67. The largest absolute Gasteiger partial charge is 0.462 e. The second kappa shape index (κ2) is 9.58. The Hall–Kier alpha value is -2.77. The van der Waals surface area contributed by atoms with Gasteiger partial charge < -0.3 is 14.2 Å². The highest BCUT2D eigenvalue weighted by Crippen LogP contribution is 2.39. The number of aryl methyl sites for hydroxylation is 1. The van der Waals surface area contributed by atoms with Gasteiger partial charge in [-0.3, -0.25) is 0 Å². The molecular weight excluding hydrogens is 430 g/mol. The molecule has 0 saturated carbocycles. The van der Waals surface area contributed by atoms with Crippen LogP contribution in [-0.2, 0) is 11.2 Å². The quantitative estimate of drug-likeness (QED) is 0.249. The van der Waals surface area contributed by atoms with Crippen molar-refractivity contribution in [3.63, 3.8) is 0 Å². The number of rotatable bonds is 7. The minimum atomic E-state index is -0.340. The first-order valence-electron chi connectivity index (χ1n) is 9.95. The van der Waals surface area contributed by atoms with Crippen molar-refractivity contribution >= 4 is 40.3 Å². The Morgan fingerprint density at radius 3 is 2.71 bits per heavy atom. The predicted octanol–water partition coefficient (Wildman–Crippen LogP) is 6.03. The molecule has 0 unspecified atom stereocenters. The first-order chi connectivity index (χ1) is 15.1. The fraction of sp³-hybridized carbons (Fsp3) is 0.250. The number of benzene rings is 2. The molecule has 5 nitrogen and oxygen atoms in total. The molecule has 0 saturated heterocycles. The van der Waals surface area contributed by atoms with Crippen LogP contribution in [0.25, 0.3) is 0 Å². The minimum absolute atomic E-state index is 0.237. The number of ether oxygens (including phenoxy) is 3. The summed E-state index contributed by atoms with van der Waals surface area (Å²) in [6.45, 7) is 4.38. The molecule has 0 fully saturated rings. The Morgan fingerprint density at radius 2 is 1.97 bits per heavy atom. The van der Waals surface area contributed by atoms with E-state index in [0.717, 1.165) is 33.1 Å². The van der Waals surface area contributed by atoms with E-state index in [-0.39, 0.29) is 12.8 Å². The van der Waals surface area contributed by atoms with Gasteiger partial charge >= 0.3 is 5.97 Å². The van der Waals surface area contributed by atoms with Crippen LogP contribution in [0.1, 0.15) is 38.8 Å². The minimum Gasteiger partial charge on any atom is -0.462 e. The number of hydrogen-bond donors (Lipinski definition) is 0. The van der Waals surface area contributed by atoms with Gasteiger partial charge in [-0.05, 0) is 67.5 Å². The number of thioether (sulfide) groups is 1. The third-order valence-electron chi connectivity index (χ3n) is 4.93. The molecule has 0 N–H and O–H groups in total. The summed E-state index contributed by atoms with van der Waals surface area (Å²) < 4.78 is 16.3. The Morgan fingerprint density at radius 1 is 1.19 bits per heavy atom. The number of fused-ring (bicyclic) bond motifs is 1. The van der Waals surface area contributed by atoms with E-state index in [0.29, 0.717) is 23.6 Å². The van der Waals surface area contributed by atoms with Crippen LogP contribution >= 0.6 is 23.1 Å². The van der Waals surface area contributed by atoms with E-state index in [2.05, 4.69) is 17.1 Å². The summed E-state index contributed by atoms with van der Waals surface area (Å²) in [6, 6.07) is 14.0. The monoisotopic (exact) mass is 453 g/mol. The van der Waals surface area contributed by atoms with Gasteiger partial charge in [0.1, 0.15) is 10.6 Å². The predicted molar refractivity (Wildman–Crippen MR) is 126 cm³/mol. The van der Waals surface area contributed by atoms with Gasteiger partial charge in [0.05, 0.1) is 6.61 Å². The van der Waals surface area contributed by atoms with Gasteiger partial charge in [-0.25, -0.2) is 9.79 Å². The smallest absolute Gasteiger partial charge is 0.341 e.